The molecule has 1 aromatic carbocycles. The molecule has 0 radical (unpaired) electrons. The summed E-state index contributed by atoms with van der Waals surface area (Å²) >= 11 is 0. The summed E-state index contributed by atoms with van der Waals surface area (Å²) < 4.78 is 5.51. The molecule has 2 nitrogen and oxygen atoms in total. The lowest BCUT2D eigenvalue weighted by Gasteiger charge is -2.10. The first-order valence-electron chi connectivity index (χ1n) is 5.20. The van der Waals surface area contributed by atoms with E-state index in [0.717, 1.165) is 12.8 Å². The number of hydrogen-bond donors (Lipinski definition) is 1. The maximum absolute atomic E-state index is 5.82. The highest BCUT2D eigenvalue weighted by atomic mass is 16.5. The molecule has 1 atom stereocenters. The molecule has 0 aromatic heterocycles. The van der Waals surface area contributed by atoms with Crippen LogP contribution < -0.4 is 5.73 Å². The molecule has 1 aromatic rings. The minimum atomic E-state index is 0.184. The first kappa shape index (κ1) is 11.2. The van der Waals surface area contributed by atoms with Gasteiger partial charge in [-0.15, -0.1) is 0 Å². The predicted octanol–water partition coefficient (Wildman–Crippen LogP) is 2.33. The number of benzene rings is 1. The highest BCUT2D eigenvalue weighted by Gasteiger charge is 2.00. The summed E-state index contributed by atoms with van der Waals surface area (Å²) in [7, 11) is 0. The van der Waals surface area contributed by atoms with Gasteiger partial charge in [0, 0.05) is 6.04 Å². The summed E-state index contributed by atoms with van der Waals surface area (Å²) in [6, 6.07) is 10.3. The van der Waals surface area contributed by atoms with E-state index in [1.807, 2.05) is 18.2 Å². The topological polar surface area (TPSA) is 35.2 Å². The number of ether oxygens (including phenoxy) is 1. The molecule has 14 heavy (non-hydrogen) atoms. The van der Waals surface area contributed by atoms with Crippen molar-refractivity contribution in [2.75, 3.05) is 6.61 Å². The molecule has 0 unspecified atom stereocenters. The van der Waals surface area contributed by atoms with E-state index in [1.54, 1.807) is 0 Å². The first-order valence-corrected chi connectivity index (χ1v) is 5.20. The van der Waals surface area contributed by atoms with Crippen molar-refractivity contribution in [1.29, 1.82) is 0 Å². The van der Waals surface area contributed by atoms with Gasteiger partial charge in [0.2, 0.25) is 0 Å². The second-order valence-corrected chi connectivity index (χ2v) is 3.55. The molecular weight excluding hydrogens is 174 g/mol. The van der Waals surface area contributed by atoms with E-state index in [4.69, 9.17) is 10.5 Å². The molecule has 1 rings (SSSR count). The fraction of sp³-hybridized carbons (Fsp3) is 0.500. The summed E-state index contributed by atoms with van der Waals surface area (Å²) in [4.78, 5) is 0. The number of rotatable bonds is 6. The van der Waals surface area contributed by atoms with E-state index in [2.05, 4.69) is 19.1 Å². The van der Waals surface area contributed by atoms with Crippen molar-refractivity contribution in [3.63, 3.8) is 0 Å². The molecule has 0 aliphatic carbocycles. The van der Waals surface area contributed by atoms with Crippen LogP contribution in [0.1, 0.15) is 25.3 Å². The Kier molecular flexibility index (Phi) is 5.27. The van der Waals surface area contributed by atoms with Crippen LogP contribution in [0.15, 0.2) is 30.3 Å². The van der Waals surface area contributed by atoms with E-state index in [1.165, 1.54) is 5.56 Å². The summed E-state index contributed by atoms with van der Waals surface area (Å²) in [5.74, 6) is 0. The SMILES string of the molecule is CCC[C@@H](N)COCc1ccccc1. The molecule has 0 fully saturated rings. The third kappa shape index (κ3) is 4.40. The van der Waals surface area contributed by atoms with Gasteiger partial charge in [-0.1, -0.05) is 43.7 Å². The largest absolute Gasteiger partial charge is 0.375 e. The summed E-state index contributed by atoms with van der Waals surface area (Å²) in [6.45, 7) is 3.46. The Morgan fingerprint density at radius 1 is 1.29 bits per heavy atom. The number of nitrogens with two attached hydrogens (primary N) is 1. The fourth-order valence-electron chi connectivity index (χ4n) is 1.36. The summed E-state index contributed by atoms with van der Waals surface area (Å²) in [5.41, 5.74) is 7.03. The molecule has 0 saturated heterocycles. The highest BCUT2D eigenvalue weighted by Crippen LogP contribution is 2.01. The average molecular weight is 193 g/mol. The maximum Gasteiger partial charge on any atom is 0.0717 e. The smallest absolute Gasteiger partial charge is 0.0717 e. The lowest BCUT2D eigenvalue weighted by Crippen LogP contribution is -2.25. The van der Waals surface area contributed by atoms with Crippen molar-refractivity contribution in [1.82, 2.24) is 0 Å². The average Bonchev–Trinajstić information content (AvgIpc) is 2.20. The Labute approximate surface area is 86.1 Å². The Hall–Kier alpha value is -0.860. The zero-order valence-corrected chi connectivity index (χ0v) is 8.78. The van der Waals surface area contributed by atoms with Crippen molar-refractivity contribution in [3.8, 4) is 0 Å². The van der Waals surface area contributed by atoms with E-state index in [9.17, 15) is 0 Å². The van der Waals surface area contributed by atoms with Crippen molar-refractivity contribution in [2.24, 2.45) is 5.73 Å². The number of hydrogen-bond acceptors (Lipinski definition) is 2. The lowest BCUT2D eigenvalue weighted by atomic mass is 10.2. The van der Waals surface area contributed by atoms with Crippen LogP contribution in [0.5, 0.6) is 0 Å². The zero-order valence-electron chi connectivity index (χ0n) is 8.78. The minimum absolute atomic E-state index is 0.184. The maximum atomic E-state index is 5.82. The summed E-state index contributed by atoms with van der Waals surface area (Å²) in [6.07, 6.45) is 2.16. The van der Waals surface area contributed by atoms with Gasteiger partial charge in [0.15, 0.2) is 0 Å². The Morgan fingerprint density at radius 2 is 2.00 bits per heavy atom. The van der Waals surface area contributed by atoms with Crippen LogP contribution in [0.4, 0.5) is 0 Å². The van der Waals surface area contributed by atoms with Gasteiger partial charge in [0.25, 0.3) is 0 Å². The molecular formula is C12H19NO. The van der Waals surface area contributed by atoms with Gasteiger partial charge < -0.3 is 10.5 Å². The molecule has 0 aliphatic rings. The van der Waals surface area contributed by atoms with E-state index < -0.39 is 0 Å². The molecule has 0 heterocycles. The van der Waals surface area contributed by atoms with Crippen LogP contribution in [-0.4, -0.2) is 12.6 Å². The summed E-state index contributed by atoms with van der Waals surface area (Å²) in [5, 5.41) is 0. The van der Waals surface area contributed by atoms with Crippen LogP contribution in [0.25, 0.3) is 0 Å². The first-order chi connectivity index (χ1) is 6.83. The second kappa shape index (κ2) is 6.57. The third-order valence-corrected chi connectivity index (χ3v) is 2.10. The fourth-order valence-corrected chi connectivity index (χ4v) is 1.36. The Balaban J connectivity index is 2.16. The second-order valence-electron chi connectivity index (χ2n) is 3.55. The van der Waals surface area contributed by atoms with E-state index in [-0.39, 0.29) is 6.04 Å². The van der Waals surface area contributed by atoms with Crippen LogP contribution in [-0.2, 0) is 11.3 Å². The minimum Gasteiger partial charge on any atom is -0.375 e. The standard InChI is InChI=1S/C12H19NO/c1-2-6-12(13)10-14-9-11-7-4-3-5-8-11/h3-5,7-8,12H,2,6,9-10,13H2,1H3/t12-/m1/s1. The predicted molar refractivity (Wildman–Crippen MR) is 59.0 cm³/mol. The van der Waals surface area contributed by atoms with Crippen molar-refractivity contribution in [3.05, 3.63) is 35.9 Å². The molecule has 0 amide bonds. The molecule has 2 heteroatoms. The molecule has 0 saturated carbocycles. The monoisotopic (exact) mass is 193 g/mol. The van der Waals surface area contributed by atoms with Gasteiger partial charge in [-0.05, 0) is 12.0 Å². The molecule has 0 bridgehead atoms. The van der Waals surface area contributed by atoms with E-state index in [0.29, 0.717) is 13.2 Å². The third-order valence-electron chi connectivity index (χ3n) is 2.10. The van der Waals surface area contributed by atoms with Crippen molar-refractivity contribution >= 4 is 0 Å². The van der Waals surface area contributed by atoms with Crippen molar-refractivity contribution < 1.29 is 4.74 Å². The van der Waals surface area contributed by atoms with Gasteiger partial charge in [0.05, 0.1) is 13.2 Å². The normalized spacial score (nSPS) is 12.7. The van der Waals surface area contributed by atoms with Gasteiger partial charge in [-0.3, -0.25) is 0 Å². The van der Waals surface area contributed by atoms with E-state index >= 15 is 0 Å². The lowest BCUT2D eigenvalue weighted by molar-refractivity contribution is 0.106. The van der Waals surface area contributed by atoms with Crippen LogP contribution in [0.3, 0.4) is 0 Å². The molecule has 0 spiro atoms. The Bertz CT molecular complexity index is 235. The highest BCUT2D eigenvalue weighted by molar-refractivity contribution is 5.13. The zero-order chi connectivity index (χ0) is 10.2. The molecule has 78 valence electrons. The van der Waals surface area contributed by atoms with Crippen LogP contribution in [0.2, 0.25) is 0 Å². The van der Waals surface area contributed by atoms with Gasteiger partial charge in [-0.2, -0.15) is 0 Å². The van der Waals surface area contributed by atoms with Gasteiger partial charge in [-0.25, -0.2) is 0 Å². The van der Waals surface area contributed by atoms with Crippen LogP contribution in [0, 0.1) is 0 Å². The molecule has 2 N–H and O–H groups in total. The Morgan fingerprint density at radius 3 is 2.64 bits per heavy atom. The molecule has 0 aliphatic heterocycles. The van der Waals surface area contributed by atoms with Crippen molar-refractivity contribution in [2.45, 2.75) is 32.4 Å². The van der Waals surface area contributed by atoms with Gasteiger partial charge in [0.1, 0.15) is 0 Å². The quantitative estimate of drug-likeness (QED) is 0.752. The van der Waals surface area contributed by atoms with Gasteiger partial charge >= 0.3 is 0 Å². The van der Waals surface area contributed by atoms with Crippen LogP contribution >= 0.6 is 0 Å².